The van der Waals surface area contributed by atoms with Crippen LogP contribution in [0.5, 0.6) is 5.75 Å². The van der Waals surface area contributed by atoms with Gasteiger partial charge in [0.2, 0.25) is 0 Å². The van der Waals surface area contributed by atoms with Crippen molar-refractivity contribution in [1.29, 1.82) is 0 Å². The number of piperazine rings is 1. The van der Waals surface area contributed by atoms with Gasteiger partial charge >= 0.3 is 6.03 Å². The molecule has 0 aromatic heterocycles. The van der Waals surface area contributed by atoms with Gasteiger partial charge in [-0.05, 0) is 32.0 Å². The topological polar surface area (TPSA) is 44.8 Å². The first-order chi connectivity index (χ1) is 10.0. The molecule has 1 aliphatic rings. The molecule has 0 spiro atoms. The normalized spacial score (nSPS) is 16.1. The predicted octanol–water partition coefficient (Wildman–Crippen LogP) is 2.91. The van der Waals surface area contributed by atoms with Crippen LogP contribution in [0.1, 0.15) is 13.8 Å². The van der Waals surface area contributed by atoms with Crippen LogP contribution >= 0.6 is 11.6 Å². The van der Waals surface area contributed by atoms with E-state index in [2.05, 4.69) is 24.1 Å². The van der Waals surface area contributed by atoms with E-state index < -0.39 is 0 Å². The number of methoxy groups -OCH3 is 1. The lowest BCUT2D eigenvalue weighted by molar-refractivity contribution is 0.125. The number of anilines is 1. The molecule has 0 radical (unpaired) electrons. The third-order valence-corrected chi connectivity index (χ3v) is 3.97. The van der Waals surface area contributed by atoms with Gasteiger partial charge in [0.15, 0.2) is 0 Å². The van der Waals surface area contributed by atoms with Crippen molar-refractivity contribution in [2.45, 2.75) is 19.9 Å². The number of rotatable bonds is 3. The number of amides is 2. The molecule has 0 aliphatic carbocycles. The zero-order valence-electron chi connectivity index (χ0n) is 12.7. The average Bonchev–Trinajstić information content (AvgIpc) is 2.47. The summed E-state index contributed by atoms with van der Waals surface area (Å²) in [6.45, 7) is 7.61. The van der Waals surface area contributed by atoms with Gasteiger partial charge in [-0.3, -0.25) is 4.90 Å². The Hall–Kier alpha value is -1.46. The zero-order valence-corrected chi connectivity index (χ0v) is 13.5. The number of halogens is 1. The Labute approximate surface area is 130 Å². The summed E-state index contributed by atoms with van der Waals surface area (Å²) in [5, 5.41) is 3.44. The van der Waals surface area contributed by atoms with Crippen LogP contribution in [0.4, 0.5) is 10.5 Å². The molecule has 21 heavy (non-hydrogen) atoms. The first-order valence-corrected chi connectivity index (χ1v) is 7.52. The van der Waals surface area contributed by atoms with Gasteiger partial charge in [-0.15, -0.1) is 0 Å². The Morgan fingerprint density at radius 1 is 1.29 bits per heavy atom. The Morgan fingerprint density at radius 2 is 1.95 bits per heavy atom. The minimum Gasteiger partial charge on any atom is -0.495 e. The highest BCUT2D eigenvalue weighted by Crippen LogP contribution is 2.28. The Morgan fingerprint density at radius 3 is 2.52 bits per heavy atom. The van der Waals surface area contributed by atoms with Gasteiger partial charge in [0, 0.05) is 37.2 Å². The molecule has 2 amide bonds. The number of ether oxygens (including phenoxy) is 1. The van der Waals surface area contributed by atoms with Crippen molar-refractivity contribution in [3.8, 4) is 5.75 Å². The molecule has 1 aliphatic heterocycles. The number of nitrogens with one attached hydrogen (secondary N) is 1. The van der Waals surface area contributed by atoms with Gasteiger partial charge in [-0.2, -0.15) is 0 Å². The van der Waals surface area contributed by atoms with Crippen LogP contribution in [-0.2, 0) is 0 Å². The van der Waals surface area contributed by atoms with Gasteiger partial charge in [0.25, 0.3) is 0 Å². The minimum atomic E-state index is -0.112. The second-order valence-electron chi connectivity index (χ2n) is 5.39. The smallest absolute Gasteiger partial charge is 0.322 e. The zero-order chi connectivity index (χ0) is 15.4. The molecule has 6 heteroatoms. The lowest BCUT2D eigenvalue weighted by Crippen LogP contribution is -2.51. The van der Waals surface area contributed by atoms with E-state index >= 15 is 0 Å². The minimum absolute atomic E-state index is 0.112. The van der Waals surface area contributed by atoms with Gasteiger partial charge in [-0.1, -0.05) is 11.6 Å². The van der Waals surface area contributed by atoms with Crippen molar-refractivity contribution in [1.82, 2.24) is 9.80 Å². The maximum absolute atomic E-state index is 12.3. The number of carbonyl (C=O) groups excluding carboxylic acids is 1. The molecule has 1 N–H and O–H groups in total. The van der Waals surface area contributed by atoms with Crippen molar-refractivity contribution in [3.05, 3.63) is 23.2 Å². The quantitative estimate of drug-likeness (QED) is 0.933. The summed E-state index contributed by atoms with van der Waals surface area (Å²) < 4.78 is 5.24. The fraction of sp³-hybridized carbons (Fsp3) is 0.533. The number of carbonyl (C=O) groups is 1. The highest BCUT2D eigenvalue weighted by Gasteiger charge is 2.23. The molecule has 0 atom stereocenters. The van der Waals surface area contributed by atoms with Crippen molar-refractivity contribution >= 4 is 23.3 Å². The van der Waals surface area contributed by atoms with Gasteiger partial charge in [0.1, 0.15) is 5.75 Å². The van der Waals surface area contributed by atoms with E-state index in [-0.39, 0.29) is 6.03 Å². The SMILES string of the molecule is COc1ccc(Cl)cc1NC(=O)N1CCN(C(C)C)CC1. The molecule has 0 unspecified atom stereocenters. The van der Waals surface area contributed by atoms with E-state index in [1.165, 1.54) is 0 Å². The maximum Gasteiger partial charge on any atom is 0.322 e. The largest absolute Gasteiger partial charge is 0.495 e. The van der Waals surface area contributed by atoms with E-state index in [1.54, 1.807) is 25.3 Å². The summed E-state index contributed by atoms with van der Waals surface area (Å²) in [5.74, 6) is 0.605. The van der Waals surface area contributed by atoms with E-state index in [0.717, 1.165) is 26.2 Å². The molecule has 1 aromatic carbocycles. The van der Waals surface area contributed by atoms with Gasteiger partial charge < -0.3 is 15.0 Å². The maximum atomic E-state index is 12.3. The summed E-state index contributed by atoms with van der Waals surface area (Å²) >= 11 is 5.97. The first-order valence-electron chi connectivity index (χ1n) is 7.14. The third-order valence-electron chi connectivity index (χ3n) is 3.73. The van der Waals surface area contributed by atoms with Crippen molar-refractivity contribution < 1.29 is 9.53 Å². The van der Waals surface area contributed by atoms with E-state index in [9.17, 15) is 4.79 Å². The van der Waals surface area contributed by atoms with Gasteiger partial charge in [0.05, 0.1) is 12.8 Å². The molecule has 0 saturated carbocycles. The molecule has 116 valence electrons. The highest BCUT2D eigenvalue weighted by atomic mass is 35.5. The number of benzene rings is 1. The van der Waals surface area contributed by atoms with Gasteiger partial charge in [-0.25, -0.2) is 4.79 Å². The molecular weight excluding hydrogens is 290 g/mol. The summed E-state index contributed by atoms with van der Waals surface area (Å²) in [5.41, 5.74) is 0.598. The van der Waals surface area contributed by atoms with Crippen LogP contribution in [0.3, 0.4) is 0 Å². The molecule has 0 bridgehead atoms. The summed E-state index contributed by atoms with van der Waals surface area (Å²) in [4.78, 5) is 16.5. The first kappa shape index (κ1) is 15.9. The Bertz CT molecular complexity index is 500. The Kier molecular flexibility index (Phi) is 5.31. The number of nitrogens with zero attached hydrogens (tertiary/aromatic N) is 2. The summed E-state index contributed by atoms with van der Waals surface area (Å²) in [7, 11) is 1.57. The fourth-order valence-corrected chi connectivity index (χ4v) is 2.59. The summed E-state index contributed by atoms with van der Waals surface area (Å²) in [6, 6.07) is 5.58. The van der Waals surface area contributed by atoms with Crippen LogP contribution in [-0.4, -0.2) is 55.2 Å². The molecule has 1 heterocycles. The second-order valence-corrected chi connectivity index (χ2v) is 5.83. The van der Waals surface area contributed by atoms with Crippen LogP contribution in [0, 0.1) is 0 Å². The number of urea groups is 1. The highest BCUT2D eigenvalue weighted by molar-refractivity contribution is 6.31. The number of hydrogen-bond donors (Lipinski definition) is 1. The molecule has 1 fully saturated rings. The van der Waals surface area contributed by atoms with E-state index in [0.29, 0.717) is 22.5 Å². The predicted molar refractivity (Wildman–Crippen MR) is 85.3 cm³/mol. The molecular formula is C15H22ClN3O2. The van der Waals surface area contributed by atoms with E-state index in [1.807, 2.05) is 4.90 Å². The average molecular weight is 312 g/mol. The Balaban J connectivity index is 1.98. The molecule has 1 aromatic rings. The van der Waals surface area contributed by atoms with Crippen molar-refractivity contribution in [3.63, 3.8) is 0 Å². The van der Waals surface area contributed by atoms with Crippen molar-refractivity contribution in [2.75, 3.05) is 38.6 Å². The molecule has 1 saturated heterocycles. The number of hydrogen-bond acceptors (Lipinski definition) is 3. The third kappa shape index (κ3) is 4.02. The van der Waals surface area contributed by atoms with Crippen LogP contribution in [0.15, 0.2) is 18.2 Å². The van der Waals surface area contributed by atoms with Crippen LogP contribution in [0.2, 0.25) is 5.02 Å². The molecule has 5 nitrogen and oxygen atoms in total. The standard InChI is InChI=1S/C15H22ClN3O2/c1-11(2)18-6-8-19(9-7-18)15(20)17-13-10-12(16)4-5-14(13)21-3/h4-5,10-11H,6-9H2,1-3H3,(H,17,20). The monoisotopic (exact) mass is 311 g/mol. The fourth-order valence-electron chi connectivity index (χ4n) is 2.41. The lowest BCUT2D eigenvalue weighted by Gasteiger charge is -2.36. The lowest BCUT2D eigenvalue weighted by atomic mass is 10.2. The van der Waals surface area contributed by atoms with Crippen molar-refractivity contribution in [2.24, 2.45) is 0 Å². The van der Waals surface area contributed by atoms with Crippen LogP contribution < -0.4 is 10.1 Å². The van der Waals surface area contributed by atoms with E-state index in [4.69, 9.17) is 16.3 Å². The summed E-state index contributed by atoms with van der Waals surface area (Å²) in [6.07, 6.45) is 0. The molecule has 2 rings (SSSR count). The second kappa shape index (κ2) is 7.00. The van der Waals surface area contributed by atoms with Crippen LogP contribution in [0.25, 0.3) is 0 Å².